The molecule has 1 aromatic rings. The highest BCUT2D eigenvalue weighted by molar-refractivity contribution is 9.10. The van der Waals surface area contributed by atoms with Crippen molar-refractivity contribution in [3.05, 3.63) is 33.8 Å². The molecule has 76 valence electrons. The van der Waals surface area contributed by atoms with E-state index in [2.05, 4.69) is 15.9 Å². The summed E-state index contributed by atoms with van der Waals surface area (Å²) < 4.78 is 0.742. The summed E-state index contributed by atoms with van der Waals surface area (Å²) in [4.78, 5) is 10.4. The number of hydrogen-bond donors (Lipinski definition) is 2. The second-order valence-electron chi connectivity index (χ2n) is 3.14. The van der Waals surface area contributed by atoms with E-state index in [1.54, 1.807) is 6.07 Å². The van der Waals surface area contributed by atoms with Crippen molar-refractivity contribution in [3.63, 3.8) is 0 Å². The maximum atomic E-state index is 10.4. The van der Waals surface area contributed by atoms with E-state index in [1.807, 2.05) is 19.1 Å². The van der Waals surface area contributed by atoms with Gasteiger partial charge < -0.3 is 10.2 Å². The van der Waals surface area contributed by atoms with Gasteiger partial charge in [0, 0.05) is 4.47 Å². The Bertz CT molecular complexity index is 349. The van der Waals surface area contributed by atoms with Crippen molar-refractivity contribution in [2.45, 2.75) is 19.4 Å². The van der Waals surface area contributed by atoms with Gasteiger partial charge in [-0.1, -0.05) is 28.1 Å². The molecule has 0 saturated carbocycles. The van der Waals surface area contributed by atoms with Crippen molar-refractivity contribution in [3.8, 4) is 0 Å². The Morgan fingerprint density at radius 3 is 2.71 bits per heavy atom. The third-order valence-electron chi connectivity index (χ3n) is 1.88. The third-order valence-corrected chi connectivity index (χ3v) is 2.57. The van der Waals surface area contributed by atoms with Gasteiger partial charge in [-0.2, -0.15) is 0 Å². The first kappa shape index (κ1) is 11.2. The number of aryl methyl sites for hydroxylation is 1. The number of carboxylic acids is 1. The summed E-state index contributed by atoms with van der Waals surface area (Å²) in [6.45, 7) is 1.93. The summed E-state index contributed by atoms with van der Waals surface area (Å²) in [5.41, 5.74) is 1.67. The van der Waals surface area contributed by atoms with Crippen LogP contribution in [0.25, 0.3) is 0 Å². The van der Waals surface area contributed by atoms with Crippen LogP contribution in [0.15, 0.2) is 22.7 Å². The molecule has 3 nitrogen and oxygen atoms in total. The molecule has 0 aliphatic heterocycles. The average Bonchev–Trinajstić information content (AvgIpc) is 2.01. The second-order valence-corrected chi connectivity index (χ2v) is 3.99. The van der Waals surface area contributed by atoms with E-state index in [-0.39, 0.29) is 6.42 Å². The van der Waals surface area contributed by atoms with Crippen LogP contribution < -0.4 is 0 Å². The van der Waals surface area contributed by atoms with Crippen LogP contribution in [0.3, 0.4) is 0 Å². The van der Waals surface area contributed by atoms with Crippen molar-refractivity contribution in [1.82, 2.24) is 0 Å². The second kappa shape index (κ2) is 4.57. The number of benzene rings is 1. The van der Waals surface area contributed by atoms with Crippen LogP contribution in [0.4, 0.5) is 0 Å². The molecule has 0 amide bonds. The molecule has 0 spiro atoms. The lowest BCUT2D eigenvalue weighted by Crippen LogP contribution is -2.06. The van der Waals surface area contributed by atoms with Gasteiger partial charge in [-0.15, -0.1) is 0 Å². The van der Waals surface area contributed by atoms with Gasteiger partial charge in [-0.05, 0) is 24.1 Å². The first-order chi connectivity index (χ1) is 6.50. The number of rotatable bonds is 3. The SMILES string of the molecule is Cc1ccc([C@@H](O)CC(=O)O)c(Br)c1. The molecule has 4 heteroatoms. The Labute approximate surface area is 90.5 Å². The van der Waals surface area contributed by atoms with Crippen LogP contribution >= 0.6 is 15.9 Å². The van der Waals surface area contributed by atoms with Crippen molar-refractivity contribution in [2.24, 2.45) is 0 Å². The monoisotopic (exact) mass is 258 g/mol. The molecule has 0 unspecified atom stereocenters. The highest BCUT2D eigenvalue weighted by atomic mass is 79.9. The summed E-state index contributed by atoms with van der Waals surface area (Å²) in [6.07, 6.45) is -1.23. The van der Waals surface area contributed by atoms with Crippen molar-refractivity contribution < 1.29 is 15.0 Å². The fraction of sp³-hybridized carbons (Fsp3) is 0.300. The highest BCUT2D eigenvalue weighted by Crippen LogP contribution is 2.26. The van der Waals surface area contributed by atoms with Crippen LogP contribution in [0.5, 0.6) is 0 Å². The van der Waals surface area contributed by atoms with Gasteiger partial charge in [0.25, 0.3) is 0 Å². The predicted octanol–water partition coefficient (Wildman–Crippen LogP) is 2.27. The van der Waals surface area contributed by atoms with Gasteiger partial charge >= 0.3 is 5.97 Å². The lowest BCUT2D eigenvalue weighted by Gasteiger charge is -2.10. The molecule has 0 bridgehead atoms. The molecular weight excluding hydrogens is 248 g/mol. The van der Waals surface area contributed by atoms with Crippen LogP contribution in [-0.4, -0.2) is 16.2 Å². The number of aliphatic hydroxyl groups is 1. The summed E-state index contributed by atoms with van der Waals surface area (Å²) in [5.74, 6) is -1.01. The normalized spacial score (nSPS) is 12.5. The van der Waals surface area contributed by atoms with Gasteiger partial charge in [0.05, 0.1) is 12.5 Å². The average molecular weight is 259 g/mol. The number of carbonyl (C=O) groups is 1. The molecule has 1 aromatic carbocycles. The summed E-state index contributed by atoms with van der Waals surface area (Å²) >= 11 is 3.28. The molecule has 1 atom stereocenters. The Balaban J connectivity index is 2.90. The first-order valence-electron chi connectivity index (χ1n) is 4.16. The fourth-order valence-electron chi connectivity index (χ4n) is 1.18. The largest absolute Gasteiger partial charge is 0.481 e. The zero-order valence-corrected chi connectivity index (χ0v) is 9.28. The minimum absolute atomic E-state index is 0.276. The van der Waals surface area contributed by atoms with Gasteiger partial charge in [-0.3, -0.25) is 4.79 Å². The van der Waals surface area contributed by atoms with Crippen LogP contribution in [0.1, 0.15) is 23.7 Å². The number of halogens is 1. The Hall–Kier alpha value is -0.870. The van der Waals surface area contributed by atoms with Crippen LogP contribution in [0, 0.1) is 6.92 Å². The molecule has 1 rings (SSSR count). The quantitative estimate of drug-likeness (QED) is 0.875. The number of aliphatic carboxylic acids is 1. The lowest BCUT2D eigenvalue weighted by molar-refractivity contribution is -0.139. The minimum Gasteiger partial charge on any atom is -0.481 e. The van der Waals surface area contributed by atoms with Crippen molar-refractivity contribution >= 4 is 21.9 Å². The molecular formula is C10H11BrO3. The molecule has 0 aliphatic rings. The topological polar surface area (TPSA) is 57.5 Å². The fourth-order valence-corrected chi connectivity index (χ4v) is 1.94. The van der Waals surface area contributed by atoms with E-state index < -0.39 is 12.1 Å². The predicted molar refractivity (Wildman–Crippen MR) is 56.1 cm³/mol. The first-order valence-corrected chi connectivity index (χ1v) is 4.96. The molecule has 0 aromatic heterocycles. The minimum atomic E-state index is -1.01. The Morgan fingerprint density at radius 1 is 1.57 bits per heavy atom. The number of hydrogen-bond acceptors (Lipinski definition) is 2. The zero-order valence-electron chi connectivity index (χ0n) is 7.70. The highest BCUT2D eigenvalue weighted by Gasteiger charge is 2.14. The van der Waals surface area contributed by atoms with Gasteiger partial charge in [-0.25, -0.2) is 0 Å². The van der Waals surface area contributed by atoms with Gasteiger partial charge in [0.1, 0.15) is 0 Å². The van der Waals surface area contributed by atoms with E-state index in [1.165, 1.54) is 0 Å². The van der Waals surface area contributed by atoms with Crippen molar-refractivity contribution in [2.75, 3.05) is 0 Å². The Kier molecular flexibility index (Phi) is 3.66. The van der Waals surface area contributed by atoms with E-state index >= 15 is 0 Å². The number of carboxylic acid groups (broad SMARTS) is 1. The molecule has 0 radical (unpaired) electrons. The summed E-state index contributed by atoms with van der Waals surface area (Å²) in [6, 6.07) is 5.42. The summed E-state index contributed by atoms with van der Waals surface area (Å²) in [5, 5.41) is 18.1. The summed E-state index contributed by atoms with van der Waals surface area (Å²) in [7, 11) is 0. The third kappa shape index (κ3) is 2.82. The lowest BCUT2D eigenvalue weighted by atomic mass is 10.1. The zero-order chi connectivity index (χ0) is 10.7. The smallest absolute Gasteiger partial charge is 0.306 e. The van der Waals surface area contributed by atoms with Crippen LogP contribution in [-0.2, 0) is 4.79 Å². The standard InChI is InChI=1S/C10H11BrO3/c1-6-2-3-7(8(11)4-6)9(12)5-10(13)14/h2-4,9,12H,5H2,1H3,(H,13,14)/t9-/m0/s1. The molecule has 14 heavy (non-hydrogen) atoms. The number of aliphatic hydroxyl groups excluding tert-OH is 1. The maximum Gasteiger partial charge on any atom is 0.306 e. The van der Waals surface area contributed by atoms with E-state index in [4.69, 9.17) is 5.11 Å². The molecule has 0 fully saturated rings. The van der Waals surface area contributed by atoms with Crippen LogP contribution in [0.2, 0.25) is 0 Å². The van der Waals surface area contributed by atoms with E-state index in [9.17, 15) is 9.90 Å². The van der Waals surface area contributed by atoms with Gasteiger partial charge in [0.15, 0.2) is 0 Å². The molecule has 2 N–H and O–H groups in total. The molecule has 0 heterocycles. The molecule has 0 saturated heterocycles. The molecule has 0 aliphatic carbocycles. The van der Waals surface area contributed by atoms with E-state index in [0.29, 0.717) is 5.56 Å². The van der Waals surface area contributed by atoms with Gasteiger partial charge in [0.2, 0.25) is 0 Å². The van der Waals surface area contributed by atoms with Crippen molar-refractivity contribution in [1.29, 1.82) is 0 Å². The van der Waals surface area contributed by atoms with E-state index in [0.717, 1.165) is 10.0 Å². The maximum absolute atomic E-state index is 10.4. The Morgan fingerprint density at radius 2 is 2.21 bits per heavy atom.